The molecule has 2 rings (SSSR count). The maximum Gasteiger partial charge on any atom is 0.166 e. The highest BCUT2D eigenvalue weighted by Gasteiger charge is 2.20. The zero-order valence-electron chi connectivity index (χ0n) is 11.4. The van der Waals surface area contributed by atoms with Gasteiger partial charge in [0.1, 0.15) is 11.9 Å². The van der Waals surface area contributed by atoms with Gasteiger partial charge in [0.15, 0.2) is 11.6 Å². The third-order valence-corrected chi connectivity index (χ3v) is 2.97. The molecule has 0 amide bonds. The van der Waals surface area contributed by atoms with Gasteiger partial charge in [0.25, 0.3) is 0 Å². The van der Waals surface area contributed by atoms with Gasteiger partial charge in [-0.25, -0.2) is 8.78 Å². The first-order valence-electron chi connectivity index (χ1n) is 6.38. The lowest BCUT2D eigenvalue weighted by atomic mass is 10.0. The largest absolute Gasteiger partial charge is 0.481 e. The van der Waals surface area contributed by atoms with E-state index in [9.17, 15) is 8.78 Å². The molecular weight excluding hydrogens is 274 g/mol. The molecule has 2 N–H and O–H groups in total. The SMILES string of the molecule is CC(N)C(Oc1ccc(C#N)cc1F)c1cccc(F)c1. The van der Waals surface area contributed by atoms with Crippen LogP contribution < -0.4 is 10.5 Å². The van der Waals surface area contributed by atoms with Crippen LogP contribution in [0.4, 0.5) is 8.78 Å². The number of ether oxygens (including phenoxy) is 1. The van der Waals surface area contributed by atoms with Crippen LogP contribution >= 0.6 is 0 Å². The lowest BCUT2D eigenvalue weighted by Crippen LogP contribution is -2.29. The third-order valence-electron chi connectivity index (χ3n) is 2.97. The minimum atomic E-state index is -0.692. The number of hydrogen-bond acceptors (Lipinski definition) is 3. The van der Waals surface area contributed by atoms with Gasteiger partial charge in [-0.3, -0.25) is 0 Å². The summed E-state index contributed by atoms with van der Waals surface area (Å²) in [6.07, 6.45) is -0.692. The summed E-state index contributed by atoms with van der Waals surface area (Å²) < 4.78 is 32.7. The Morgan fingerprint density at radius 2 is 1.95 bits per heavy atom. The van der Waals surface area contributed by atoms with Crippen molar-refractivity contribution in [3.05, 3.63) is 65.2 Å². The van der Waals surface area contributed by atoms with Gasteiger partial charge in [-0.05, 0) is 42.8 Å². The van der Waals surface area contributed by atoms with Crippen LogP contribution in [-0.2, 0) is 0 Å². The molecule has 3 nitrogen and oxygen atoms in total. The first-order valence-corrected chi connectivity index (χ1v) is 6.38. The van der Waals surface area contributed by atoms with Gasteiger partial charge in [0, 0.05) is 6.04 Å². The molecule has 2 atom stereocenters. The molecule has 0 saturated heterocycles. The normalized spacial score (nSPS) is 13.3. The molecule has 0 spiro atoms. The summed E-state index contributed by atoms with van der Waals surface area (Å²) in [6.45, 7) is 1.69. The van der Waals surface area contributed by atoms with Crippen molar-refractivity contribution in [2.24, 2.45) is 5.73 Å². The number of nitrogens with zero attached hydrogens (tertiary/aromatic N) is 1. The summed E-state index contributed by atoms with van der Waals surface area (Å²) in [7, 11) is 0. The highest BCUT2D eigenvalue weighted by atomic mass is 19.1. The summed E-state index contributed by atoms with van der Waals surface area (Å²) in [6, 6.07) is 11.1. The summed E-state index contributed by atoms with van der Waals surface area (Å²) in [5.74, 6) is -1.10. The van der Waals surface area contributed by atoms with Gasteiger partial charge in [-0.15, -0.1) is 0 Å². The number of hydrogen-bond donors (Lipinski definition) is 1. The maximum absolute atomic E-state index is 13.9. The van der Waals surface area contributed by atoms with Crippen LogP contribution in [-0.4, -0.2) is 6.04 Å². The van der Waals surface area contributed by atoms with Gasteiger partial charge in [0.2, 0.25) is 0 Å². The topological polar surface area (TPSA) is 59.0 Å². The van der Waals surface area contributed by atoms with Gasteiger partial charge in [-0.2, -0.15) is 5.26 Å². The molecule has 0 aliphatic rings. The fourth-order valence-electron chi connectivity index (χ4n) is 1.97. The Hall–Kier alpha value is -2.45. The van der Waals surface area contributed by atoms with Gasteiger partial charge >= 0.3 is 0 Å². The minimum Gasteiger partial charge on any atom is -0.481 e. The van der Waals surface area contributed by atoms with E-state index in [0.717, 1.165) is 6.07 Å². The number of nitrogens with two attached hydrogens (primary N) is 1. The van der Waals surface area contributed by atoms with Crippen LogP contribution in [0.5, 0.6) is 5.75 Å². The zero-order chi connectivity index (χ0) is 15.4. The average Bonchev–Trinajstić information content (AvgIpc) is 2.45. The summed E-state index contributed by atoms with van der Waals surface area (Å²) >= 11 is 0. The predicted molar refractivity (Wildman–Crippen MR) is 74.5 cm³/mol. The van der Waals surface area contributed by atoms with Crippen molar-refractivity contribution in [3.8, 4) is 11.8 Å². The van der Waals surface area contributed by atoms with E-state index in [1.165, 1.54) is 24.3 Å². The molecule has 2 unspecified atom stereocenters. The molecule has 0 saturated carbocycles. The Bertz CT molecular complexity index is 680. The van der Waals surface area contributed by atoms with Crippen molar-refractivity contribution in [3.63, 3.8) is 0 Å². The average molecular weight is 288 g/mol. The molecule has 0 bridgehead atoms. The minimum absolute atomic E-state index is 0.0273. The Morgan fingerprint density at radius 1 is 1.19 bits per heavy atom. The summed E-state index contributed by atoms with van der Waals surface area (Å²) in [4.78, 5) is 0. The van der Waals surface area contributed by atoms with Crippen molar-refractivity contribution in [1.82, 2.24) is 0 Å². The Labute approximate surface area is 121 Å². The molecule has 2 aromatic rings. The van der Waals surface area contributed by atoms with Crippen molar-refractivity contribution in [2.75, 3.05) is 0 Å². The lowest BCUT2D eigenvalue weighted by molar-refractivity contribution is 0.172. The fraction of sp³-hybridized carbons (Fsp3) is 0.188. The third kappa shape index (κ3) is 3.56. The molecule has 0 fully saturated rings. The van der Waals surface area contributed by atoms with Gasteiger partial charge < -0.3 is 10.5 Å². The molecule has 21 heavy (non-hydrogen) atoms. The lowest BCUT2D eigenvalue weighted by Gasteiger charge is -2.23. The van der Waals surface area contributed by atoms with Gasteiger partial charge in [0.05, 0.1) is 11.6 Å². The highest BCUT2D eigenvalue weighted by Crippen LogP contribution is 2.27. The predicted octanol–water partition coefficient (Wildman–Crippen LogP) is 3.30. The van der Waals surface area contributed by atoms with E-state index in [1.807, 2.05) is 6.07 Å². The zero-order valence-corrected chi connectivity index (χ0v) is 11.4. The molecule has 5 heteroatoms. The highest BCUT2D eigenvalue weighted by molar-refractivity contribution is 5.36. The van der Waals surface area contributed by atoms with E-state index in [1.54, 1.807) is 19.1 Å². The van der Waals surface area contributed by atoms with Crippen LogP contribution in [0, 0.1) is 23.0 Å². The molecular formula is C16H14F2N2O. The first kappa shape index (κ1) is 14.9. The van der Waals surface area contributed by atoms with Crippen LogP contribution in [0.15, 0.2) is 42.5 Å². The second-order valence-electron chi connectivity index (χ2n) is 4.71. The number of halogens is 2. The standard InChI is InChI=1S/C16H14F2N2O/c1-10(20)16(12-3-2-4-13(17)8-12)21-15-6-5-11(9-19)7-14(15)18/h2-8,10,16H,20H2,1H3. The second-order valence-corrected chi connectivity index (χ2v) is 4.71. The number of benzene rings is 2. The van der Waals surface area contributed by atoms with Crippen molar-refractivity contribution < 1.29 is 13.5 Å². The first-order chi connectivity index (χ1) is 10.0. The van der Waals surface area contributed by atoms with Crippen LogP contribution in [0.2, 0.25) is 0 Å². The molecule has 108 valence electrons. The van der Waals surface area contributed by atoms with E-state index in [-0.39, 0.29) is 11.3 Å². The smallest absolute Gasteiger partial charge is 0.166 e. The Kier molecular flexibility index (Phi) is 4.51. The van der Waals surface area contributed by atoms with E-state index < -0.39 is 23.8 Å². The quantitative estimate of drug-likeness (QED) is 0.939. The van der Waals surface area contributed by atoms with E-state index in [4.69, 9.17) is 15.7 Å². The monoisotopic (exact) mass is 288 g/mol. The summed E-state index contributed by atoms with van der Waals surface area (Å²) in [5.41, 5.74) is 6.57. The molecule has 0 aliphatic carbocycles. The van der Waals surface area contributed by atoms with E-state index in [0.29, 0.717) is 5.56 Å². The fourth-order valence-corrected chi connectivity index (χ4v) is 1.97. The molecule has 2 aromatic carbocycles. The van der Waals surface area contributed by atoms with Crippen molar-refractivity contribution >= 4 is 0 Å². The Morgan fingerprint density at radius 3 is 2.52 bits per heavy atom. The molecule has 0 aliphatic heterocycles. The van der Waals surface area contributed by atoms with E-state index in [2.05, 4.69) is 0 Å². The molecule has 0 aromatic heterocycles. The van der Waals surface area contributed by atoms with Crippen molar-refractivity contribution in [2.45, 2.75) is 19.1 Å². The molecule has 0 heterocycles. The Balaban J connectivity index is 2.31. The summed E-state index contributed by atoms with van der Waals surface area (Å²) in [5, 5.41) is 8.71. The van der Waals surface area contributed by atoms with Crippen LogP contribution in [0.3, 0.4) is 0 Å². The van der Waals surface area contributed by atoms with Gasteiger partial charge in [-0.1, -0.05) is 12.1 Å². The number of nitriles is 1. The van der Waals surface area contributed by atoms with E-state index >= 15 is 0 Å². The number of rotatable bonds is 4. The maximum atomic E-state index is 13.9. The van der Waals surface area contributed by atoms with Crippen molar-refractivity contribution in [1.29, 1.82) is 5.26 Å². The second kappa shape index (κ2) is 6.33. The molecule has 0 radical (unpaired) electrons. The van der Waals surface area contributed by atoms with Crippen LogP contribution in [0.25, 0.3) is 0 Å². The van der Waals surface area contributed by atoms with Crippen LogP contribution in [0.1, 0.15) is 24.2 Å².